The van der Waals surface area contributed by atoms with Gasteiger partial charge in [-0.1, -0.05) is 41.9 Å². The minimum Gasteiger partial charge on any atom is -0.507 e. The summed E-state index contributed by atoms with van der Waals surface area (Å²) >= 11 is 3.42. The van der Waals surface area contributed by atoms with E-state index in [1.165, 1.54) is 6.42 Å². The molecule has 0 radical (unpaired) electrons. The molecular formula is C24H26BrNO3. The number of benzene rings is 2. The number of allylic oxidation sites excluding steroid dienone is 1. The van der Waals surface area contributed by atoms with Gasteiger partial charge < -0.3 is 9.84 Å². The SMILES string of the molecule is Cc1cc(O)c(CN2CC(C)CC(C)C2)c2c1C(=O)/C(=C\c1ccc(Br)cc1)O2. The fraction of sp³-hybridized carbons (Fsp3) is 0.375. The van der Waals surface area contributed by atoms with Crippen LogP contribution in [0.2, 0.25) is 0 Å². The minimum absolute atomic E-state index is 0.123. The first-order chi connectivity index (χ1) is 13.8. The number of piperidine rings is 1. The van der Waals surface area contributed by atoms with Gasteiger partial charge in [0, 0.05) is 24.1 Å². The smallest absolute Gasteiger partial charge is 0.232 e. The highest BCUT2D eigenvalue weighted by atomic mass is 79.9. The molecule has 29 heavy (non-hydrogen) atoms. The van der Waals surface area contributed by atoms with Crippen molar-refractivity contribution in [1.82, 2.24) is 4.90 Å². The van der Waals surface area contributed by atoms with Crippen LogP contribution in [0, 0.1) is 18.8 Å². The van der Waals surface area contributed by atoms with Gasteiger partial charge in [0.1, 0.15) is 11.5 Å². The maximum atomic E-state index is 13.1. The van der Waals surface area contributed by atoms with E-state index in [9.17, 15) is 9.90 Å². The van der Waals surface area contributed by atoms with Crippen molar-refractivity contribution < 1.29 is 14.6 Å². The van der Waals surface area contributed by atoms with Gasteiger partial charge in [0.2, 0.25) is 5.78 Å². The number of halogens is 1. The van der Waals surface area contributed by atoms with E-state index in [0.29, 0.717) is 41.0 Å². The average Bonchev–Trinajstić information content (AvgIpc) is 2.96. The van der Waals surface area contributed by atoms with Gasteiger partial charge >= 0.3 is 0 Å². The number of carbonyl (C=O) groups is 1. The van der Waals surface area contributed by atoms with Crippen molar-refractivity contribution >= 4 is 27.8 Å². The molecule has 4 nitrogen and oxygen atoms in total. The summed E-state index contributed by atoms with van der Waals surface area (Å²) in [5.74, 6) is 2.14. The van der Waals surface area contributed by atoms with Crippen molar-refractivity contribution in [3.63, 3.8) is 0 Å². The van der Waals surface area contributed by atoms with Crippen molar-refractivity contribution in [2.75, 3.05) is 13.1 Å². The highest BCUT2D eigenvalue weighted by Crippen LogP contribution is 2.42. The molecule has 0 aromatic heterocycles. The number of rotatable bonds is 3. The number of hydrogen-bond donors (Lipinski definition) is 1. The highest BCUT2D eigenvalue weighted by Gasteiger charge is 2.34. The Labute approximate surface area is 180 Å². The van der Waals surface area contributed by atoms with Crippen LogP contribution in [-0.4, -0.2) is 28.9 Å². The Bertz CT molecular complexity index is 971. The molecule has 5 heteroatoms. The number of Topliss-reactive ketones (excluding diaryl/α,β-unsaturated/α-hetero) is 1. The van der Waals surface area contributed by atoms with Crippen molar-refractivity contribution in [3.05, 3.63) is 62.8 Å². The van der Waals surface area contributed by atoms with E-state index in [4.69, 9.17) is 4.74 Å². The Balaban J connectivity index is 1.68. The number of ether oxygens (including phenoxy) is 1. The second-order valence-corrected chi connectivity index (χ2v) is 9.44. The Morgan fingerprint density at radius 1 is 1.21 bits per heavy atom. The molecule has 1 saturated heterocycles. The molecule has 0 bridgehead atoms. The first-order valence-corrected chi connectivity index (χ1v) is 10.9. The zero-order valence-corrected chi connectivity index (χ0v) is 18.6. The van der Waals surface area contributed by atoms with Crippen molar-refractivity contribution in [2.45, 2.75) is 33.7 Å². The first-order valence-electron chi connectivity index (χ1n) is 10.1. The molecular weight excluding hydrogens is 430 g/mol. The summed E-state index contributed by atoms with van der Waals surface area (Å²) in [7, 11) is 0. The Morgan fingerprint density at radius 3 is 2.52 bits per heavy atom. The third-order valence-corrected chi connectivity index (χ3v) is 6.24. The van der Waals surface area contributed by atoms with Crippen LogP contribution >= 0.6 is 15.9 Å². The quantitative estimate of drug-likeness (QED) is 0.615. The maximum Gasteiger partial charge on any atom is 0.232 e. The van der Waals surface area contributed by atoms with Crippen LogP contribution in [0.1, 0.15) is 47.3 Å². The largest absolute Gasteiger partial charge is 0.507 e. The molecule has 1 N–H and O–H groups in total. The number of hydrogen-bond acceptors (Lipinski definition) is 4. The number of carbonyl (C=O) groups excluding carboxylic acids is 1. The summed E-state index contributed by atoms with van der Waals surface area (Å²) in [4.78, 5) is 15.4. The molecule has 2 heterocycles. The van der Waals surface area contributed by atoms with E-state index in [1.54, 1.807) is 12.1 Å². The summed E-state index contributed by atoms with van der Waals surface area (Å²) in [6, 6.07) is 9.41. The van der Waals surface area contributed by atoms with Crippen molar-refractivity contribution in [1.29, 1.82) is 0 Å². The Hall–Kier alpha value is -2.11. The number of ketones is 1. The second kappa shape index (κ2) is 7.96. The number of nitrogens with zero attached hydrogens (tertiary/aromatic N) is 1. The normalized spacial score (nSPS) is 23.3. The molecule has 2 aliphatic rings. The lowest BCUT2D eigenvalue weighted by atomic mass is 9.91. The van der Waals surface area contributed by atoms with Crippen LogP contribution < -0.4 is 4.74 Å². The predicted octanol–water partition coefficient (Wildman–Crippen LogP) is 5.56. The second-order valence-electron chi connectivity index (χ2n) is 8.53. The van der Waals surface area contributed by atoms with Gasteiger partial charge in [0.25, 0.3) is 0 Å². The van der Waals surface area contributed by atoms with E-state index in [2.05, 4.69) is 34.7 Å². The zero-order chi connectivity index (χ0) is 20.7. The highest BCUT2D eigenvalue weighted by molar-refractivity contribution is 9.10. The fourth-order valence-corrected chi connectivity index (χ4v) is 4.85. The number of aryl methyl sites for hydroxylation is 1. The number of phenolic OH excluding ortho intramolecular Hbond substituents is 1. The zero-order valence-electron chi connectivity index (χ0n) is 17.0. The van der Waals surface area contributed by atoms with Crippen LogP contribution in [0.25, 0.3) is 6.08 Å². The number of likely N-dealkylation sites (tertiary alicyclic amines) is 1. The van der Waals surface area contributed by atoms with Gasteiger partial charge in [-0.15, -0.1) is 0 Å². The molecule has 2 aromatic rings. The van der Waals surface area contributed by atoms with E-state index < -0.39 is 0 Å². The van der Waals surface area contributed by atoms with Crippen LogP contribution in [0.4, 0.5) is 0 Å². The number of phenols is 1. The maximum absolute atomic E-state index is 13.1. The van der Waals surface area contributed by atoms with Gasteiger partial charge in [-0.2, -0.15) is 0 Å². The lowest BCUT2D eigenvalue weighted by molar-refractivity contribution is 0.101. The standard InChI is InChI=1S/C24H26BrNO3/c1-14-8-15(2)12-26(11-14)13-19-20(27)9-16(3)22-23(28)21(29-24(19)22)10-17-4-6-18(25)7-5-17/h4-7,9-10,14-15,27H,8,11-13H2,1-3H3/b21-10+. The molecule has 2 atom stereocenters. The number of fused-ring (bicyclic) bond motifs is 1. The van der Waals surface area contributed by atoms with Crippen LogP contribution in [0.3, 0.4) is 0 Å². The molecule has 1 fully saturated rings. The van der Waals surface area contributed by atoms with E-state index >= 15 is 0 Å². The number of aromatic hydroxyl groups is 1. The molecule has 4 rings (SSSR count). The molecule has 0 aliphatic carbocycles. The van der Waals surface area contributed by atoms with Crippen molar-refractivity contribution in [3.8, 4) is 11.5 Å². The summed E-state index contributed by atoms with van der Waals surface area (Å²) in [6.07, 6.45) is 2.99. The molecule has 2 unspecified atom stereocenters. The van der Waals surface area contributed by atoms with Gasteiger partial charge in [-0.25, -0.2) is 0 Å². The topological polar surface area (TPSA) is 49.8 Å². The monoisotopic (exact) mass is 455 g/mol. The van der Waals surface area contributed by atoms with Gasteiger partial charge in [-0.05, 0) is 60.6 Å². The average molecular weight is 456 g/mol. The van der Waals surface area contributed by atoms with E-state index in [-0.39, 0.29) is 11.5 Å². The fourth-order valence-electron chi connectivity index (χ4n) is 4.59. The molecule has 0 amide bonds. The lowest BCUT2D eigenvalue weighted by Crippen LogP contribution is -2.38. The van der Waals surface area contributed by atoms with Gasteiger partial charge in [0.05, 0.1) is 11.1 Å². The Kier molecular flexibility index (Phi) is 5.54. The molecule has 152 valence electrons. The third-order valence-electron chi connectivity index (χ3n) is 5.71. The van der Waals surface area contributed by atoms with Crippen LogP contribution in [0.5, 0.6) is 11.5 Å². The van der Waals surface area contributed by atoms with Crippen LogP contribution in [0.15, 0.2) is 40.6 Å². The van der Waals surface area contributed by atoms with E-state index in [1.807, 2.05) is 31.2 Å². The van der Waals surface area contributed by atoms with E-state index in [0.717, 1.165) is 28.7 Å². The summed E-state index contributed by atoms with van der Waals surface area (Å²) in [5.41, 5.74) is 2.91. The minimum atomic E-state index is -0.123. The lowest BCUT2D eigenvalue weighted by Gasteiger charge is -2.35. The van der Waals surface area contributed by atoms with Gasteiger partial charge in [0.15, 0.2) is 5.76 Å². The summed E-state index contributed by atoms with van der Waals surface area (Å²) in [5, 5.41) is 10.7. The molecule has 0 saturated carbocycles. The molecule has 2 aromatic carbocycles. The summed E-state index contributed by atoms with van der Waals surface area (Å²) < 4.78 is 7.04. The molecule has 2 aliphatic heterocycles. The van der Waals surface area contributed by atoms with Crippen LogP contribution in [-0.2, 0) is 6.54 Å². The Morgan fingerprint density at radius 2 is 1.86 bits per heavy atom. The molecule has 0 spiro atoms. The van der Waals surface area contributed by atoms with Gasteiger partial charge in [-0.3, -0.25) is 9.69 Å². The van der Waals surface area contributed by atoms with Crippen molar-refractivity contribution in [2.24, 2.45) is 11.8 Å². The third kappa shape index (κ3) is 4.12. The first kappa shape index (κ1) is 20.2. The summed E-state index contributed by atoms with van der Waals surface area (Å²) in [6.45, 7) is 8.94. The predicted molar refractivity (Wildman–Crippen MR) is 118 cm³/mol.